The predicted octanol–water partition coefficient (Wildman–Crippen LogP) is 2.60. The molecule has 4 heteroatoms. The van der Waals surface area contributed by atoms with Crippen molar-refractivity contribution in [2.75, 3.05) is 6.54 Å². The maximum Gasteiger partial charge on any atom is 0.308 e. The standard InChI is InChI=1S/C15H18N2O2/c1-10-5-6-12-9-17-7-3-4-13(17)8-16-14(12)15(10)19-11(2)18/h5-6,8,13H,3-4,7,9H2,1-2H3. The zero-order valence-corrected chi connectivity index (χ0v) is 11.3. The Balaban J connectivity index is 2.05. The van der Waals surface area contributed by atoms with Crippen molar-refractivity contribution < 1.29 is 9.53 Å². The van der Waals surface area contributed by atoms with Crippen LogP contribution in [0.4, 0.5) is 5.69 Å². The fourth-order valence-electron chi connectivity index (χ4n) is 2.85. The van der Waals surface area contributed by atoms with Crippen LogP contribution in [0.25, 0.3) is 0 Å². The van der Waals surface area contributed by atoms with Gasteiger partial charge in [-0.3, -0.25) is 14.7 Å². The van der Waals surface area contributed by atoms with Gasteiger partial charge in [-0.15, -0.1) is 0 Å². The molecule has 1 fully saturated rings. The molecule has 0 amide bonds. The Hall–Kier alpha value is -1.68. The van der Waals surface area contributed by atoms with Crippen LogP contribution in [0.5, 0.6) is 5.75 Å². The molecule has 0 aliphatic carbocycles. The molecule has 3 rings (SSSR count). The number of aliphatic imine (C=N–C) groups is 1. The van der Waals surface area contributed by atoms with E-state index in [9.17, 15) is 4.79 Å². The molecule has 0 saturated carbocycles. The second kappa shape index (κ2) is 4.78. The predicted molar refractivity (Wildman–Crippen MR) is 74.1 cm³/mol. The molecule has 1 aromatic carbocycles. The summed E-state index contributed by atoms with van der Waals surface area (Å²) in [5.74, 6) is 0.318. The van der Waals surface area contributed by atoms with Crippen molar-refractivity contribution >= 4 is 17.9 Å². The van der Waals surface area contributed by atoms with Gasteiger partial charge in [0.2, 0.25) is 0 Å². The highest BCUT2D eigenvalue weighted by Gasteiger charge is 2.27. The topological polar surface area (TPSA) is 41.9 Å². The lowest BCUT2D eigenvalue weighted by Crippen LogP contribution is -2.28. The second-order valence-corrected chi connectivity index (χ2v) is 5.27. The van der Waals surface area contributed by atoms with E-state index in [4.69, 9.17) is 4.74 Å². The number of fused-ring (bicyclic) bond motifs is 2. The molecule has 100 valence electrons. The van der Waals surface area contributed by atoms with Gasteiger partial charge in [0.15, 0.2) is 5.75 Å². The second-order valence-electron chi connectivity index (χ2n) is 5.27. The minimum Gasteiger partial charge on any atom is -0.424 e. The fourth-order valence-corrected chi connectivity index (χ4v) is 2.85. The van der Waals surface area contributed by atoms with E-state index in [1.165, 1.54) is 19.8 Å². The number of rotatable bonds is 1. The van der Waals surface area contributed by atoms with Crippen molar-refractivity contribution in [2.45, 2.75) is 39.3 Å². The molecule has 2 aliphatic rings. The normalized spacial score (nSPS) is 21.7. The highest BCUT2D eigenvalue weighted by molar-refractivity contribution is 5.78. The van der Waals surface area contributed by atoms with Gasteiger partial charge >= 0.3 is 5.97 Å². The number of hydrogen-bond donors (Lipinski definition) is 0. The summed E-state index contributed by atoms with van der Waals surface area (Å²) in [6, 6.07) is 4.52. The SMILES string of the molecule is CC(=O)Oc1c(C)ccc2c1N=CC1CCCN1C2. The van der Waals surface area contributed by atoms with Gasteiger partial charge < -0.3 is 4.74 Å². The van der Waals surface area contributed by atoms with E-state index in [-0.39, 0.29) is 5.97 Å². The van der Waals surface area contributed by atoms with E-state index >= 15 is 0 Å². The molecule has 0 spiro atoms. The van der Waals surface area contributed by atoms with Gasteiger partial charge in [0.05, 0.1) is 0 Å². The van der Waals surface area contributed by atoms with Gasteiger partial charge in [-0.1, -0.05) is 12.1 Å². The third-order valence-electron chi connectivity index (χ3n) is 3.82. The molecule has 2 aliphatic heterocycles. The average molecular weight is 258 g/mol. The van der Waals surface area contributed by atoms with Crippen LogP contribution >= 0.6 is 0 Å². The van der Waals surface area contributed by atoms with Crippen molar-refractivity contribution in [1.82, 2.24) is 4.90 Å². The summed E-state index contributed by atoms with van der Waals surface area (Å²) in [5.41, 5.74) is 2.92. The Morgan fingerprint density at radius 2 is 2.32 bits per heavy atom. The largest absolute Gasteiger partial charge is 0.424 e. The maximum atomic E-state index is 11.2. The van der Waals surface area contributed by atoms with Crippen molar-refractivity contribution in [1.29, 1.82) is 0 Å². The van der Waals surface area contributed by atoms with Crippen LogP contribution in [0.1, 0.15) is 30.9 Å². The fraction of sp³-hybridized carbons (Fsp3) is 0.467. The molecule has 1 unspecified atom stereocenters. The van der Waals surface area contributed by atoms with Crippen molar-refractivity contribution in [3.63, 3.8) is 0 Å². The minimum atomic E-state index is -0.295. The molecule has 1 aromatic rings. The Morgan fingerprint density at radius 1 is 1.47 bits per heavy atom. The number of hydrogen-bond acceptors (Lipinski definition) is 4. The van der Waals surface area contributed by atoms with Crippen LogP contribution in [-0.2, 0) is 11.3 Å². The molecule has 19 heavy (non-hydrogen) atoms. The summed E-state index contributed by atoms with van der Waals surface area (Å²) in [7, 11) is 0. The van der Waals surface area contributed by atoms with Gasteiger partial charge in [0.25, 0.3) is 0 Å². The Bertz CT molecular complexity index is 551. The van der Waals surface area contributed by atoms with Gasteiger partial charge in [0, 0.05) is 25.7 Å². The average Bonchev–Trinajstić information content (AvgIpc) is 2.72. The molecule has 1 saturated heterocycles. The highest BCUT2D eigenvalue weighted by Crippen LogP contribution is 2.38. The number of ether oxygens (including phenoxy) is 1. The van der Waals surface area contributed by atoms with Crippen LogP contribution in [0.3, 0.4) is 0 Å². The van der Waals surface area contributed by atoms with E-state index in [1.54, 1.807) is 0 Å². The first-order chi connectivity index (χ1) is 9.15. The molecular formula is C15H18N2O2. The van der Waals surface area contributed by atoms with E-state index in [2.05, 4.69) is 16.0 Å². The number of aryl methyl sites for hydroxylation is 1. The summed E-state index contributed by atoms with van der Waals surface area (Å²) >= 11 is 0. The number of benzene rings is 1. The monoisotopic (exact) mass is 258 g/mol. The number of nitrogens with zero attached hydrogens (tertiary/aromatic N) is 2. The number of carbonyl (C=O) groups is 1. The molecule has 0 bridgehead atoms. The molecule has 2 heterocycles. The third-order valence-corrected chi connectivity index (χ3v) is 3.82. The lowest BCUT2D eigenvalue weighted by molar-refractivity contribution is -0.131. The van der Waals surface area contributed by atoms with Crippen molar-refractivity contribution in [3.05, 3.63) is 23.3 Å². The first-order valence-electron chi connectivity index (χ1n) is 6.74. The first-order valence-corrected chi connectivity index (χ1v) is 6.74. The van der Waals surface area contributed by atoms with Gasteiger partial charge in [0.1, 0.15) is 5.69 Å². The molecule has 1 atom stereocenters. The Kier molecular flexibility index (Phi) is 3.11. The molecular weight excluding hydrogens is 240 g/mol. The lowest BCUT2D eigenvalue weighted by Gasteiger charge is -2.19. The smallest absolute Gasteiger partial charge is 0.308 e. The lowest BCUT2D eigenvalue weighted by atomic mass is 10.1. The van der Waals surface area contributed by atoms with Crippen LogP contribution in [0.15, 0.2) is 17.1 Å². The van der Waals surface area contributed by atoms with Crippen molar-refractivity contribution in [3.8, 4) is 5.75 Å². The van der Waals surface area contributed by atoms with E-state index < -0.39 is 0 Å². The quantitative estimate of drug-likeness (QED) is 0.574. The van der Waals surface area contributed by atoms with Gasteiger partial charge in [-0.05, 0) is 37.4 Å². The van der Waals surface area contributed by atoms with Crippen LogP contribution < -0.4 is 4.74 Å². The Morgan fingerprint density at radius 3 is 3.11 bits per heavy atom. The van der Waals surface area contributed by atoms with Gasteiger partial charge in [-0.25, -0.2) is 0 Å². The zero-order valence-electron chi connectivity index (χ0n) is 11.3. The highest BCUT2D eigenvalue weighted by atomic mass is 16.5. The maximum absolute atomic E-state index is 11.2. The van der Waals surface area contributed by atoms with E-state index in [1.807, 2.05) is 19.2 Å². The number of carbonyl (C=O) groups excluding carboxylic acids is 1. The van der Waals surface area contributed by atoms with Crippen LogP contribution in [0.2, 0.25) is 0 Å². The van der Waals surface area contributed by atoms with Crippen LogP contribution in [-0.4, -0.2) is 29.7 Å². The Labute approximate surface area is 113 Å². The summed E-state index contributed by atoms with van der Waals surface area (Å²) in [6.07, 6.45) is 4.40. The molecule has 4 nitrogen and oxygen atoms in total. The number of esters is 1. The van der Waals surface area contributed by atoms with Gasteiger partial charge in [-0.2, -0.15) is 0 Å². The summed E-state index contributed by atoms with van der Waals surface area (Å²) in [4.78, 5) is 18.3. The van der Waals surface area contributed by atoms with Crippen LogP contribution in [0, 0.1) is 6.92 Å². The molecule has 0 radical (unpaired) electrons. The van der Waals surface area contributed by atoms with E-state index in [0.717, 1.165) is 29.9 Å². The summed E-state index contributed by atoms with van der Waals surface area (Å²) in [6.45, 7) is 5.37. The third kappa shape index (κ3) is 2.28. The zero-order chi connectivity index (χ0) is 13.4. The van der Waals surface area contributed by atoms with Crippen molar-refractivity contribution in [2.24, 2.45) is 4.99 Å². The van der Waals surface area contributed by atoms with E-state index in [0.29, 0.717) is 11.8 Å². The minimum absolute atomic E-state index is 0.295. The summed E-state index contributed by atoms with van der Waals surface area (Å²) in [5, 5.41) is 0. The molecule has 0 aromatic heterocycles. The molecule has 0 N–H and O–H groups in total. The first kappa shape index (κ1) is 12.4. The summed E-state index contributed by atoms with van der Waals surface area (Å²) < 4.78 is 5.35.